The number of likely N-dealkylation sites (tertiary alicyclic amines) is 1. The molecule has 1 aliphatic rings. The zero-order chi connectivity index (χ0) is 22.1. The molecular formula is C18H29NO9. The van der Waals surface area contributed by atoms with Crippen molar-refractivity contribution in [3.8, 4) is 0 Å². The summed E-state index contributed by atoms with van der Waals surface area (Å²) in [6.45, 7) is 8.53. The number of ether oxygens (including phenoxy) is 1. The van der Waals surface area contributed by atoms with Crippen molar-refractivity contribution >= 4 is 23.9 Å². The topological polar surface area (TPSA) is 150 Å². The summed E-state index contributed by atoms with van der Waals surface area (Å²) in [5.41, 5.74) is -4.35. The number of quaternary nitrogens is 1. The molecule has 28 heavy (non-hydrogen) atoms. The van der Waals surface area contributed by atoms with Crippen molar-refractivity contribution in [2.45, 2.75) is 83.1 Å². The molecule has 0 saturated carbocycles. The summed E-state index contributed by atoms with van der Waals surface area (Å²) in [6, 6.07) is 0. The van der Waals surface area contributed by atoms with Gasteiger partial charge in [0.15, 0.2) is 0 Å². The van der Waals surface area contributed by atoms with Crippen LogP contribution >= 0.6 is 0 Å². The Morgan fingerprint density at radius 1 is 1.11 bits per heavy atom. The lowest BCUT2D eigenvalue weighted by Gasteiger charge is -2.57. The zero-order valence-corrected chi connectivity index (χ0v) is 17.1. The number of nitrogens with zero attached hydrogens (tertiary/aromatic N) is 1. The Morgan fingerprint density at radius 3 is 1.93 bits per heavy atom. The highest BCUT2D eigenvalue weighted by Crippen LogP contribution is 2.46. The van der Waals surface area contributed by atoms with Crippen LogP contribution in [-0.2, 0) is 28.8 Å². The lowest BCUT2D eigenvalue weighted by molar-refractivity contribution is -1.15. The summed E-state index contributed by atoms with van der Waals surface area (Å²) >= 11 is 0. The third kappa shape index (κ3) is 4.79. The Balaban J connectivity index is 3.10. The van der Waals surface area contributed by atoms with Crippen LogP contribution in [0.2, 0.25) is 0 Å². The highest BCUT2D eigenvalue weighted by Gasteiger charge is 2.61. The number of piperidine rings is 1. The molecule has 1 rings (SSSR count). The van der Waals surface area contributed by atoms with Crippen molar-refractivity contribution in [3.63, 3.8) is 0 Å². The minimum atomic E-state index is -2.88. The largest absolute Gasteiger partial charge is 0.547 e. The number of aliphatic carboxylic acids is 2. The number of carbonyl (C=O) groups excluding carboxylic acids is 3. The van der Waals surface area contributed by atoms with Crippen LogP contribution in [0.25, 0.3) is 0 Å². The monoisotopic (exact) mass is 403 g/mol. The van der Waals surface area contributed by atoms with Gasteiger partial charge in [0.05, 0.1) is 18.8 Å². The molecule has 0 spiro atoms. The normalized spacial score (nSPS) is 27.9. The van der Waals surface area contributed by atoms with Crippen LogP contribution in [0.5, 0.6) is 0 Å². The van der Waals surface area contributed by atoms with Crippen molar-refractivity contribution in [2.24, 2.45) is 0 Å². The number of aliphatic hydroxyl groups is 1. The maximum absolute atomic E-state index is 12.5. The Kier molecular flexibility index (Phi) is 6.53. The second-order valence-electron chi connectivity index (χ2n) is 8.72. The molecule has 0 aromatic heterocycles. The molecular weight excluding hydrogens is 374 g/mol. The van der Waals surface area contributed by atoms with Gasteiger partial charge in [-0.2, -0.15) is 0 Å². The Morgan fingerprint density at radius 2 is 1.57 bits per heavy atom. The SMILES string of the molecule is CC(=O)OC1CC(C)(C)[N+](C)(OC(=O)CC(O)(CC(=O)O)C(=O)[O-])C(C)(C)C1. The summed E-state index contributed by atoms with van der Waals surface area (Å²) in [4.78, 5) is 51.4. The average molecular weight is 403 g/mol. The molecule has 10 heteroatoms. The Bertz CT molecular complexity index is 652. The zero-order valence-electron chi connectivity index (χ0n) is 17.1. The number of hydroxylamine groups is 3. The van der Waals surface area contributed by atoms with Crippen LogP contribution in [0.1, 0.15) is 60.3 Å². The number of carbonyl (C=O) groups is 4. The molecule has 0 bridgehead atoms. The second kappa shape index (κ2) is 7.67. The lowest BCUT2D eigenvalue weighted by atomic mass is 9.77. The van der Waals surface area contributed by atoms with Crippen LogP contribution < -0.4 is 5.11 Å². The average Bonchev–Trinajstić information content (AvgIpc) is 2.42. The quantitative estimate of drug-likeness (QED) is 0.424. The van der Waals surface area contributed by atoms with E-state index in [1.165, 1.54) is 6.92 Å². The van der Waals surface area contributed by atoms with Gasteiger partial charge in [-0.25, -0.2) is 4.79 Å². The summed E-state index contributed by atoms with van der Waals surface area (Å²) in [5.74, 6) is -5.16. The van der Waals surface area contributed by atoms with Crippen molar-refractivity contribution < 1.29 is 48.7 Å². The number of hydrogen-bond donors (Lipinski definition) is 2. The fraction of sp³-hybridized carbons (Fsp3) is 0.778. The van der Waals surface area contributed by atoms with Gasteiger partial charge >= 0.3 is 17.9 Å². The molecule has 0 aliphatic carbocycles. The van der Waals surface area contributed by atoms with Crippen molar-refractivity contribution in [1.29, 1.82) is 0 Å². The summed E-state index contributed by atoms with van der Waals surface area (Å²) in [6.07, 6.45) is -1.91. The van der Waals surface area contributed by atoms with Gasteiger partial charge in [0.25, 0.3) is 0 Å². The van der Waals surface area contributed by atoms with E-state index in [1.54, 1.807) is 34.7 Å². The van der Waals surface area contributed by atoms with E-state index in [1.807, 2.05) is 0 Å². The first-order valence-corrected chi connectivity index (χ1v) is 8.88. The fourth-order valence-electron chi connectivity index (χ4n) is 3.85. The molecule has 1 saturated heterocycles. The molecule has 1 aliphatic heterocycles. The Hall–Kier alpha value is -2.20. The first kappa shape index (κ1) is 23.8. The van der Waals surface area contributed by atoms with Gasteiger partial charge in [-0.1, -0.05) is 0 Å². The highest BCUT2D eigenvalue weighted by molar-refractivity contribution is 5.87. The smallest absolute Gasteiger partial charge is 0.370 e. The van der Waals surface area contributed by atoms with Gasteiger partial charge in [-0.05, 0) is 27.7 Å². The third-order valence-electron chi connectivity index (χ3n) is 5.64. The van der Waals surface area contributed by atoms with Crippen LogP contribution in [-0.4, -0.2) is 68.6 Å². The van der Waals surface area contributed by atoms with Gasteiger partial charge < -0.3 is 24.9 Å². The van der Waals surface area contributed by atoms with Gasteiger partial charge in [0.1, 0.15) is 29.8 Å². The molecule has 1 unspecified atom stereocenters. The number of hydrogen-bond acceptors (Lipinski definition) is 8. The van der Waals surface area contributed by atoms with Gasteiger partial charge in [-0.3, -0.25) is 14.4 Å². The Labute approximate surface area is 163 Å². The van der Waals surface area contributed by atoms with Crippen molar-refractivity contribution in [1.82, 2.24) is 0 Å². The van der Waals surface area contributed by atoms with E-state index in [4.69, 9.17) is 14.7 Å². The van der Waals surface area contributed by atoms with Crippen molar-refractivity contribution in [2.75, 3.05) is 7.05 Å². The summed E-state index contributed by atoms with van der Waals surface area (Å²) in [7, 11) is 1.64. The molecule has 0 radical (unpaired) electrons. The summed E-state index contributed by atoms with van der Waals surface area (Å²) in [5, 5.41) is 30.0. The first-order valence-electron chi connectivity index (χ1n) is 8.88. The third-order valence-corrected chi connectivity index (χ3v) is 5.64. The highest BCUT2D eigenvalue weighted by atomic mass is 16.8. The van der Waals surface area contributed by atoms with Crippen molar-refractivity contribution in [3.05, 3.63) is 0 Å². The minimum absolute atomic E-state index is 0.285. The number of rotatable bonds is 7. The standard InChI is InChI=1S/C18H29NO9/c1-11(20)27-12-7-16(2,3)19(6,17(4,5)8-12)28-14(23)10-18(26,15(24)25)9-13(21)22/h12,26H,7-10H2,1-6H3,(H-,21,22,24,25). The van der Waals surface area contributed by atoms with E-state index in [0.29, 0.717) is 12.8 Å². The van der Waals surface area contributed by atoms with Gasteiger partial charge in [0.2, 0.25) is 0 Å². The molecule has 1 fully saturated rings. The number of esters is 1. The maximum Gasteiger partial charge on any atom is 0.370 e. The van der Waals surface area contributed by atoms with E-state index in [0.717, 1.165) is 0 Å². The molecule has 10 nitrogen and oxygen atoms in total. The van der Waals surface area contributed by atoms with Gasteiger partial charge in [-0.15, -0.1) is 4.65 Å². The second-order valence-corrected chi connectivity index (χ2v) is 8.72. The first-order chi connectivity index (χ1) is 12.5. The minimum Gasteiger partial charge on any atom is -0.547 e. The van der Waals surface area contributed by atoms with E-state index >= 15 is 0 Å². The van der Waals surface area contributed by atoms with Crippen LogP contribution in [0.4, 0.5) is 0 Å². The molecule has 0 aromatic carbocycles. The summed E-state index contributed by atoms with van der Waals surface area (Å²) < 4.78 is 5.05. The van der Waals surface area contributed by atoms with E-state index < -0.39 is 53.4 Å². The van der Waals surface area contributed by atoms with Crippen LogP contribution in [0.3, 0.4) is 0 Å². The maximum atomic E-state index is 12.5. The predicted molar refractivity (Wildman–Crippen MR) is 92.0 cm³/mol. The predicted octanol–water partition coefficient (Wildman–Crippen LogP) is -0.480. The molecule has 2 N–H and O–H groups in total. The molecule has 160 valence electrons. The fourth-order valence-corrected chi connectivity index (χ4v) is 3.85. The number of carboxylic acid groups (broad SMARTS) is 2. The molecule has 1 heterocycles. The van der Waals surface area contributed by atoms with Crippen LogP contribution in [0.15, 0.2) is 0 Å². The lowest BCUT2D eigenvalue weighted by Crippen LogP contribution is -2.73. The van der Waals surface area contributed by atoms with E-state index in [9.17, 15) is 29.4 Å². The molecule has 1 atom stereocenters. The van der Waals surface area contributed by atoms with E-state index in [2.05, 4.69) is 0 Å². The molecule has 0 aromatic rings. The van der Waals surface area contributed by atoms with E-state index in [-0.39, 0.29) is 10.8 Å². The van der Waals surface area contributed by atoms with Crippen LogP contribution in [0, 0.1) is 0 Å². The number of carboxylic acids is 2. The molecule has 0 amide bonds. The van der Waals surface area contributed by atoms with Gasteiger partial charge in [0, 0.05) is 19.8 Å².